The van der Waals surface area contributed by atoms with E-state index < -0.39 is 23.5 Å². The van der Waals surface area contributed by atoms with Crippen LogP contribution in [0.3, 0.4) is 0 Å². The molecule has 28 heavy (non-hydrogen) atoms. The number of nitrogens with zero attached hydrogens (tertiary/aromatic N) is 1. The number of rotatable bonds is 15. The van der Waals surface area contributed by atoms with Crippen LogP contribution >= 0.6 is 0 Å². The van der Waals surface area contributed by atoms with Gasteiger partial charge in [0.2, 0.25) is 0 Å². The van der Waals surface area contributed by atoms with Gasteiger partial charge in [-0.15, -0.1) is 0 Å². The van der Waals surface area contributed by atoms with E-state index in [2.05, 4.69) is 0 Å². The van der Waals surface area contributed by atoms with Crippen LogP contribution in [0.5, 0.6) is 0 Å². The van der Waals surface area contributed by atoms with Crippen molar-refractivity contribution < 1.29 is 38.1 Å². The monoisotopic (exact) mass is 405 g/mol. The van der Waals surface area contributed by atoms with Crippen LogP contribution in [-0.4, -0.2) is 87.7 Å². The quantitative estimate of drug-likeness (QED) is 0.226. The largest absolute Gasteiger partial charge is 0.465 e. The molecule has 0 spiro atoms. The summed E-state index contributed by atoms with van der Waals surface area (Å²) in [5, 5.41) is 0. The fraction of sp³-hybridized carbons (Fsp3) is 0.842. The second kappa shape index (κ2) is 15.2. The maximum atomic E-state index is 12.0. The molecular formula is C19H35NO8. The first kappa shape index (κ1) is 26.3. The summed E-state index contributed by atoms with van der Waals surface area (Å²) in [6.45, 7) is 10.8. The molecule has 0 unspecified atom stereocenters. The molecule has 0 aromatic heterocycles. The Morgan fingerprint density at radius 2 is 1.43 bits per heavy atom. The zero-order chi connectivity index (χ0) is 21.4. The third kappa shape index (κ3) is 17.7. The summed E-state index contributed by atoms with van der Waals surface area (Å²) >= 11 is 0. The fourth-order valence-electron chi connectivity index (χ4n) is 1.99. The molecule has 164 valence electrons. The number of hydrogen-bond donors (Lipinski definition) is 0. The zero-order valence-corrected chi connectivity index (χ0v) is 17.8. The van der Waals surface area contributed by atoms with Crippen molar-refractivity contribution in [2.45, 2.75) is 46.6 Å². The van der Waals surface area contributed by atoms with Crippen molar-refractivity contribution in [1.29, 1.82) is 0 Å². The Morgan fingerprint density at radius 1 is 0.821 bits per heavy atom. The summed E-state index contributed by atoms with van der Waals surface area (Å²) < 4.78 is 25.7. The Labute approximate surface area is 167 Å². The number of carbonyl (C=O) groups excluding carboxylic acids is 3. The van der Waals surface area contributed by atoms with Crippen LogP contribution in [0.25, 0.3) is 0 Å². The highest BCUT2D eigenvalue weighted by molar-refractivity contribution is 5.72. The van der Waals surface area contributed by atoms with Crippen LogP contribution in [0.1, 0.15) is 41.0 Å². The van der Waals surface area contributed by atoms with Gasteiger partial charge in [0.15, 0.2) is 0 Å². The van der Waals surface area contributed by atoms with Crippen molar-refractivity contribution >= 4 is 17.9 Å². The van der Waals surface area contributed by atoms with Crippen LogP contribution in [-0.2, 0) is 38.1 Å². The van der Waals surface area contributed by atoms with Crippen LogP contribution in [0.2, 0.25) is 0 Å². The molecule has 0 atom stereocenters. The molecule has 0 aliphatic heterocycles. The predicted octanol–water partition coefficient (Wildman–Crippen LogP) is 1.18. The first-order valence-corrected chi connectivity index (χ1v) is 9.52. The standard InChI is InChI=1S/C19H35NO8/c1-6-9-24-12-13-25-15-18(23)27-11-8-20(7-10-26-16(2)21)14-17(22)28-19(3,4)5/h6-15H2,1-5H3. The van der Waals surface area contributed by atoms with Gasteiger partial charge in [0, 0.05) is 26.6 Å². The van der Waals surface area contributed by atoms with E-state index in [1.165, 1.54) is 6.92 Å². The van der Waals surface area contributed by atoms with Crippen molar-refractivity contribution in [1.82, 2.24) is 4.90 Å². The fourth-order valence-corrected chi connectivity index (χ4v) is 1.99. The van der Waals surface area contributed by atoms with Crippen molar-refractivity contribution in [3.05, 3.63) is 0 Å². The lowest BCUT2D eigenvalue weighted by Crippen LogP contribution is -2.39. The van der Waals surface area contributed by atoms with Crippen molar-refractivity contribution in [3.63, 3.8) is 0 Å². The second-order valence-corrected chi connectivity index (χ2v) is 7.09. The molecule has 0 saturated heterocycles. The lowest BCUT2D eigenvalue weighted by Gasteiger charge is -2.24. The van der Waals surface area contributed by atoms with E-state index >= 15 is 0 Å². The molecule has 0 rings (SSSR count). The average molecular weight is 405 g/mol. The Kier molecular flexibility index (Phi) is 14.3. The molecule has 0 saturated carbocycles. The van der Waals surface area contributed by atoms with Crippen LogP contribution in [0.4, 0.5) is 0 Å². The molecule has 9 nitrogen and oxygen atoms in total. The molecule has 0 heterocycles. The molecule has 0 aliphatic rings. The van der Waals surface area contributed by atoms with Gasteiger partial charge < -0.3 is 23.7 Å². The van der Waals surface area contributed by atoms with Crippen molar-refractivity contribution in [2.24, 2.45) is 0 Å². The predicted molar refractivity (Wildman–Crippen MR) is 102 cm³/mol. The van der Waals surface area contributed by atoms with Crippen LogP contribution in [0, 0.1) is 0 Å². The maximum Gasteiger partial charge on any atom is 0.332 e. The minimum atomic E-state index is -0.594. The Hall–Kier alpha value is -1.71. The van der Waals surface area contributed by atoms with Crippen molar-refractivity contribution in [2.75, 3.05) is 59.3 Å². The van der Waals surface area contributed by atoms with Gasteiger partial charge in [-0.3, -0.25) is 14.5 Å². The molecule has 0 N–H and O–H groups in total. The third-order valence-electron chi connectivity index (χ3n) is 3.10. The van der Waals surface area contributed by atoms with Gasteiger partial charge in [0.05, 0.1) is 19.8 Å². The number of esters is 3. The SMILES string of the molecule is CCCOCCOCC(=O)OCCN(CCOC(C)=O)CC(=O)OC(C)(C)C. The molecule has 0 fully saturated rings. The van der Waals surface area contributed by atoms with Gasteiger partial charge in [-0.25, -0.2) is 4.79 Å². The van der Waals surface area contributed by atoms with E-state index in [4.69, 9.17) is 23.7 Å². The summed E-state index contributed by atoms with van der Waals surface area (Å²) in [5.74, 6) is -1.30. The van der Waals surface area contributed by atoms with E-state index in [9.17, 15) is 14.4 Å². The van der Waals surface area contributed by atoms with Crippen LogP contribution < -0.4 is 0 Å². The highest BCUT2D eigenvalue weighted by Crippen LogP contribution is 2.07. The lowest BCUT2D eigenvalue weighted by atomic mass is 10.2. The van der Waals surface area contributed by atoms with Gasteiger partial charge >= 0.3 is 17.9 Å². The Bertz CT molecular complexity index is 461. The van der Waals surface area contributed by atoms with E-state index in [0.29, 0.717) is 32.9 Å². The van der Waals surface area contributed by atoms with Gasteiger partial charge in [-0.05, 0) is 27.2 Å². The number of hydrogen-bond acceptors (Lipinski definition) is 9. The normalized spacial score (nSPS) is 11.4. The van der Waals surface area contributed by atoms with Gasteiger partial charge in [0.1, 0.15) is 25.4 Å². The highest BCUT2D eigenvalue weighted by atomic mass is 16.6. The van der Waals surface area contributed by atoms with Gasteiger partial charge in [-0.1, -0.05) is 6.92 Å². The van der Waals surface area contributed by atoms with E-state index in [1.807, 2.05) is 6.92 Å². The molecule has 0 amide bonds. The summed E-state index contributed by atoms with van der Waals surface area (Å²) in [6, 6.07) is 0. The topological polar surface area (TPSA) is 101 Å². The molecule has 0 aliphatic carbocycles. The number of carbonyl (C=O) groups is 3. The van der Waals surface area contributed by atoms with E-state index in [0.717, 1.165) is 6.42 Å². The first-order valence-electron chi connectivity index (χ1n) is 9.52. The molecule has 0 radical (unpaired) electrons. The maximum absolute atomic E-state index is 12.0. The molecule has 0 bridgehead atoms. The molecular weight excluding hydrogens is 370 g/mol. The Balaban J connectivity index is 4.18. The van der Waals surface area contributed by atoms with E-state index in [-0.39, 0.29) is 26.4 Å². The minimum Gasteiger partial charge on any atom is -0.465 e. The smallest absolute Gasteiger partial charge is 0.332 e. The van der Waals surface area contributed by atoms with Gasteiger partial charge in [0.25, 0.3) is 0 Å². The average Bonchev–Trinajstić information content (AvgIpc) is 2.55. The summed E-state index contributed by atoms with van der Waals surface area (Å²) in [4.78, 5) is 36.3. The minimum absolute atomic E-state index is 0.00134. The summed E-state index contributed by atoms with van der Waals surface area (Å²) in [6.07, 6.45) is 0.930. The second-order valence-electron chi connectivity index (χ2n) is 7.09. The van der Waals surface area contributed by atoms with Crippen molar-refractivity contribution in [3.8, 4) is 0 Å². The van der Waals surface area contributed by atoms with Gasteiger partial charge in [-0.2, -0.15) is 0 Å². The Morgan fingerprint density at radius 3 is 2.00 bits per heavy atom. The van der Waals surface area contributed by atoms with Crippen LogP contribution in [0.15, 0.2) is 0 Å². The highest BCUT2D eigenvalue weighted by Gasteiger charge is 2.19. The third-order valence-corrected chi connectivity index (χ3v) is 3.10. The van der Waals surface area contributed by atoms with E-state index in [1.54, 1.807) is 25.7 Å². The molecule has 9 heteroatoms. The number of ether oxygens (including phenoxy) is 5. The zero-order valence-electron chi connectivity index (χ0n) is 17.8. The summed E-state index contributed by atoms with van der Waals surface area (Å²) in [5.41, 5.74) is -0.594. The lowest BCUT2D eigenvalue weighted by molar-refractivity contribution is -0.156. The molecule has 0 aromatic carbocycles. The summed E-state index contributed by atoms with van der Waals surface area (Å²) in [7, 11) is 0. The molecule has 0 aromatic rings. The first-order chi connectivity index (χ1) is 13.1.